The van der Waals surface area contributed by atoms with Gasteiger partial charge in [-0.3, -0.25) is 9.89 Å². The molecule has 0 aliphatic carbocycles. The van der Waals surface area contributed by atoms with Gasteiger partial charge in [-0.1, -0.05) is 49.9 Å². The van der Waals surface area contributed by atoms with Crippen molar-refractivity contribution in [3.05, 3.63) is 41.7 Å². The molecule has 2 aromatic rings. The average Bonchev–Trinajstić information content (AvgIpc) is 2.90. The lowest BCUT2D eigenvalue weighted by atomic mass is 10.0. The van der Waals surface area contributed by atoms with Crippen molar-refractivity contribution in [2.45, 2.75) is 31.3 Å². The molecule has 0 amide bonds. The van der Waals surface area contributed by atoms with E-state index in [4.69, 9.17) is 0 Å². The van der Waals surface area contributed by atoms with Gasteiger partial charge < -0.3 is 0 Å². The average molecular weight is 275 g/mol. The van der Waals surface area contributed by atoms with Gasteiger partial charge in [0.1, 0.15) is 12.1 Å². The second-order valence-corrected chi connectivity index (χ2v) is 5.66. The number of carbonyl (C=O) groups excluding carboxylic acids is 1. The topological polar surface area (TPSA) is 58.6 Å². The quantitative estimate of drug-likeness (QED) is 0.824. The fourth-order valence-electron chi connectivity index (χ4n) is 1.71. The van der Waals surface area contributed by atoms with Crippen molar-refractivity contribution in [2.75, 3.05) is 5.75 Å². The highest BCUT2D eigenvalue weighted by Crippen LogP contribution is 2.16. The number of ketones is 1. The molecule has 0 saturated heterocycles. The van der Waals surface area contributed by atoms with E-state index >= 15 is 0 Å². The Morgan fingerprint density at radius 3 is 2.63 bits per heavy atom. The highest BCUT2D eigenvalue weighted by Gasteiger charge is 2.07. The van der Waals surface area contributed by atoms with Crippen LogP contribution in [0.25, 0.3) is 0 Å². The molecular formula is C14H17N3OS. The van der Waals surface area contributed by atoms with E-state index in [-0.39, 0.29) is 5.78 Å². The number of benzene rings is 1. The fraction of sp³-hybridized carbons (Fsp3) is 0.357. The zero-order chi connectivity index (χ0) is 13.7. The number of thioether (sulfide) groups is 1. The van der Waals surface area contributed by atoms with Gasteiger partial charge >= 0.3 is 0 Å². The van der Waals surface area contributed by atoms with Crippen LogP contribution in [0.2, 0.25) is 0 Å². The third-order valence-corrected chi connectivity index (χ3v) is 3.75. The Hall–Kier alpha value is -1.62. The summed E-state index contributed by atoms with van der Waals surface area (Å²) < 4.78 is 0. The molecule has 0 atom stereocenters. The molecule has 0 bridgehead atoms. The summed E-state index contributed by atoms with van der Waals surface area (Å²) in [6.07, 6.45) is 1.91. The minimum atomic E-state index is 0.193. The summed E-state index contributed by atoms with van der Waals surface area (Å²) in [5.41, 5.74) is 2.36. The first-order valence-corrected chi connectivity index (χ1v) is 7.22. The van der Waals surface area contributed by atoms with Crippen molar-refractivity contribution in [1.82, 2.24) is 15.2 Å². The highest BCUT2D eigenvalue weighted by molar-refractivity contribution is 7.99. The normalized spacial score (nSPS) is 10.9. The largest absolute Gasteiger partial charge is 0.298 e. The molecule has 100 valence electrons. The molecule has 1 aromatic carbocycles. The summed E-state index contributed by atoms with van der Waals surface area (Å²) in [6, 6.07) is 8.26. The number of hydrogen-bond donors (Lipinski definition) is 1. The number of aromatic amines is 1. The van der Waals surface area contributed by atoms with Crippen molar-refractivity contribution >= 4 is 17.5 Å². The Kier molecular flexibility index (Phi) is 4.74. The lowest BCUT2D eigenvalue weighted by Gasteiger charge is -2.06. The first-order chi connectivity index (χ1) is 9.15. The molecule has 0 spiro atoms. The van der Waals surface area contributed by atoms with Crippen LogP contribution in [0.4, 0.5) is 0 Å². The lowest BCUT2D eigenvalue weighted by Crippen LogP contribution is -2.06. The van der Waals surface area contributed by atoms with Crippen LogP contribution in [0.15, 0.2) is 35.7 Å². The van der Waals surface area contributed by atoms with E-state index < -0.39 is 0 Å². The lowest BCUT2D eigenvalue weighted by molar-refractivity contribution is -0.116. The maximum atomic E-state index is 11.8. The number of aromatic nitrogens is 3. The van der Waals surface area contributed by atoms with Crippen molar-refractivity contribution in [1.29, 1.82) is 0 Å². The van der Waals surface area contributed by atoms with Gasteiger partial charge in [0.2, 0.25) is 0 Å². The minimum absolute atomic E-state index is 0.193. The maximum absolute atomic E-state index is 11.8. The molecule has 0 unspecified atom stereocenters. The molecular weight excluding hydrogens is 258 g/mol. The van der Waals surface area contributed by atoms with Gasteiger partial charge in [-0.05, 0) is 17.0 Å². The third kappa shape index (κ3) is 4.21. The molecule has 1 heterocycles. The van der Waals surface area contributed by atoms with Crippen LogP contribution in [0.3, 0.4) is 0 Å². The van der Waals surface area contributed by atoms with Crippen LogP contribution in [-0.2, 0) is 11.2 Å². The Morgan fingerprint density at radius 2 is 2.05 bits per heavy atom. The second kappa shape index (κ2) is 6.52. The van der Waals surface area contributed by atoms with E-state index in [0.717, 1.165) is 5.56 Å². The first kappa shape index (κ1) is 13.8. The molecule has 0 radical (unpaired) electrons. The Balaban J connectivity index is 1.84. The molecule has 0 saturated carbocycles. The third-order valence-electron chi connectivity index (χ3n) is 2.81. The van der Waals surface area contributed by atoms with Gasteiger partial charge in [-0.25, -0.2) is 4.98 Å². The van der Waals surface area contributed by atoms with Crippen LogP contribution in [0, 0.1) is 0 Å². The predicted octanol–water partition coefficient (Wildman–Crippen LogP) is 2.83. The molecule has 1 N–H and O–H groups in total. The summed E-state index contributed by atoms with van der Waals surface area (Å²) in [6.45, 7) is 4.32. The van der Waals surface area contributed by atoms with Crippen LogP contribution in [-0.4, -0.2) is 26.7 Å². The molecule has 0 fully saturated rings. The number of nitrogens with zero attached hydrogens (tertiary/aromatic N) is 2. The number of H-pyrrole nitrogens is 1. The smallest absolute Gasteiger partial charge is 0.183 e. The zero-order valence-corrected chi connectivity index (χ0v) is 11.9. The molecule has 1 aromatic heterocycles. The van der Waals surface area contributed by atoms with Gasteiger partial charge in [-0.15, -0.1) is 0 Å². The molecule has 0 aliphatic heterocycles. The van der Waals surface area contributed by atoms with Crippen LogP contribution >= 0.6 is 11.8 Å². The van der Waals surface area contributed by atoms with E-state index in [1.54, 1.807) is 0 Å². The first-order valence-electron chi connectivity index (χ1n) is 6.24. The Bertz CT molecular complexity index is 520. The number of carbonyl (C=O) groups is 1. The summed E-state index contributed by atoms with van der Waals surface area (Å²) in [4.78, 5) is 15.8. The van der Waals surface area contributed by atoms with Gasteiger partial charge in [-0.2, -0.15) is 5.10 Å². The number of nitrogens with one attached hydrogen (secondary N) is 1. The van der Waals surface area contributed by atoms with Gasteiger partial charge in [0.05, 0.1) is 5.75 Å². The van der Waals surface area contributed by atoms with Crippen LogP contribution < -0.4 is 0 Å². The van der Waals surface area contributed by atoms with Crippen molar-refractivity contribution in [2.24, 2.45) is 0 Å². The SMILES string of the molecule is CC(C)c1ccc(CC(=O)CSc2ncn[nH]2)cc1. The molecule has 19 heavy (non-hydrogen) atoms. The summed E-state index contributed by atoms with van der Waals surface area (Å²) in [5, 5.41) is 7.15. The minimum Gasteiger partial charge on any atom is -0.298 e. The summed E-state index contributed by atoms with van der Waals surface area (Å²) in [7, 11) is 0. The van der Waals surface area contributed by atoms with Gasteiger partial charge in [0, 0.05) is 6.42 Å². The van der Waals surface area contributed by atoms with E-state index in [2.05, 4.69) is 41.2 Å². The Labute approximate surface area is 117 Å². The van der Waals surface area contributed by atoms with Gasteiger partial charge in [0.25, 0.3) is 0 Å². The summed E-state index contributed by atoms with van der Waals surface area (Å²) in [5.74, 6) is 1.13. The van der Waals surface area contributed by atoms with Crippen LogP contribution in [0.1, 0.15) is 30.9 Å². The second-order valence-electron chi connectivity index (χ2n) is 4.69. The molecule has 0 aliphatic rings. The van der Waals surface area contributed by atoms with Crippen molar-refractivity contribution < 1.29 is 4.79 Å². The van der Waals surface area contributed by atoms with Gasteiger partial charge in [0.15, 0.2) is 5.16 Å². The van der Waals surface area contributed by atoms with E-state index in [0.29, 0.717) is 23.2 Å². The van der Waals surface area contributed by atoms with Crippen LogP contribution in [0.5, 0.6) is 0 Å². The molecule has 4 nitrogen and oxygen atoms in total. The molecule has 5 heteroatoms. The van der Waals surface area contributed by atoms with E-state index in [1.165, 1.54) is 23.7 Å². The van der Waals surface area contributed by atoms with E-state index in [1.807, 2.05) is 12.1 Å². The predicted molar refractivity (Wildman–Crippen MR) is 76.3 cm³/mol. The Morgan fingerprint density at radius 1 is 1.32 bits per heavy atom. The number of hydrogen-bond acceptors (Lipinski definition) is 4. The van der Waals surface area contributed by atoms with Crippen molar-refractivity contribution in [3.63, 3.8) is 0 Å². The van der Waals surface area contributed by atoms with Crippen molar-refractivity contribution in [3.8, 4) is 0 Å². The van der Waals surface area contributed by atoms with E-state index in [9.17, 15) is 4.79 Å². The summed E-state index contributed by atoms with van der Waals surface area (Å²) >= 11 is 1.38. The number of Topliss-reactive ketones (excluding diaryl/α,β-unsaturated/α-hetero) is 1. The highest BCUT2D eigenvalue weighted by atomic mass is 32.2. The molecule has 2 rings (SSSR count). The maximum Gasteiger partial charge on any atom is 0.183 e. The monoisotopic (exact) mass is 275 g/mol. The fourth-order valence-corrected chi connectivity index (χ4v) is 2.35. The standard InChI is InChI=1S/C14H17N3OS/c1-10(2)12-5-3-11(4-6-12)7-13(18)8-19-14-15-9-16-17-14/h3-6,9-10H,7-8H2,1-2H3,(H,15,16,17). The zero-order valence-electron chi connectivity index (χ0n) is 11.1. The number of rotatable bonds is 6.